The molecule has 2 rings (SSSR count). The van der Waals surface area contributed by atoms with Crippen LogP contribution in [-0.4, -0.2) is 42.1 Å². The molecule has 1 aromatic rings. The summed E-state index contributed by atoms with van der Waals surface area (Å²) >= 11 is 5.02. The van der Waals surface area contributed by atoms with Gasteiger partial charge in [0.1, 0.15) is 5.82 Å². The van der Waals surface area contributed by atoms with Crippen LogP contribution in [0.25, 0.3) is 0 Å². The molecule has 3 nitrogen and oxygen atoms in total. The SMILES string of the molecule is CCC(CC(N)=S)N1CCN(c2ccccc2F)CC1. The van der Waals surface area contributed by atoms with Gasteiger partial charge in [0.25, 0.3) is 0 Å². The van der Waals surface area contributed by atoms with Crippen LogP contribution < -0.4 is 10.6 Å². The molecular weight excluding hydrogens is 273 g/mol. The van der Waals surface area contributed by atoms with Gasteiger partial charge in [-0.05, 0) is 18.6 Å². The lowest BCUT2D eigenvalue weighted by molar-refractivity contribution is 0.184. The van der Waals surface area contributed by atoms with Gasteiger partial charge < -0.3 is 10.6 Å². The van der Waals surface area contributed by atoms with Crippen molar-refractivity contribution in [3.05, 3.63) is 30.1 Å². The van der Waals surface area contributed by atoms with Gasteiger partial charge in [0.2, 0.25) is 0 Å². The second kappa shape index (κ2) is 6.99. The molecule has 1 aromatic carbocycles. The van der Waals surface area contributed by atoms with E-state index in [1.807, 2.05) is 12.1 Å². The first-order valence-electron chi connectivity index (χ1n) is 7.13. The van der Waals surface area contributed by atoms with Crippen molar-refractivity contribution in [3.63, 3.8) is 0 Å². The molecule has 1 aliphatic heterocycles. The van der Waals surface area contributed by atoms with Gasteiger partial charge in [0.15, 0.2) is 0 Å². The molecule has 0 radical (unpaired) electrons. The number of hydrogen-bond acceptors (Lipinski definition) is 3. The van der Waals surface area contributed by atoms with E-state index in [4.69, 9.17) is 18.0 Å². The zero-order chi connectivity index (χ0) is 14.5. The molecule has 1 aliphatic rings. The van der Waals surface area contributed by atoms with E-state index in [1.54, 1.807) is 6.07 Å². The van der Waals surface area contributed by atoms with E-state index in [1.165, 1.54) is 6.07 Å². The number of piperazine rings is 1. The van der Waals surface area contributed by atoms with Crippen molar-refractivity contribution in [2.45, 2.75) is 25.8 Å². The molecule has 1 unspecified atom stereocenters. The molecule has 20 heavy (non-hydrogen) atoms. The van der Waals surface area contributed by atoms with E-state index >= 15 is 0 Å². The Balaban J connectivity index is 1.95. The third-order valence-electron chi connectivity index (χ3n) is 3.93. The van der Waals surface area contributed by atoms with Gasteiger partial charge in [-0.25, -0.2) is 4.39 Å². The minimum absolute atomic E-state index is 0.142. The molecule has 0 spiro atoms. The maximum Gasteiger partial charge on any atom is 0.146 e. The highest BCUT2D eigenvalue weighted by Crippen LogP contribution is 2.21. The summed E-state index contributed by atoms with van der Waals surface area (Å²) in [6, 6.07) is 7.38. The fourth-order valence-electron chi connectivity index (χ4n) is 2.80. The van der Waals surface area contributed by atoms with Gasteiger partial charge in [-0.3, -0.25) is 4.90 Å². The first-order valence-corrected chi connectivity index (χ1v) is 7.54. The first kappa shape index (κ1) is 15.2. The Hall–Kier alpha value is -1.20. The minimum Gasteiger partial charge on any atom is -0.393 e. The monoisotopic (exact) mass is 295 g/mol. The largest absolute Gasteiger partial charge is 0.393 e. The number of halogens is 1. The van der Waals surface area contributed by atoms with Crippen molar-refractivity contribution in [3.8, 4) is 0 Å². The molecule has 0 amide bonds. The summed E-state index contributed by atoms with van der Waals surface area (Å²) in [6.45, 7) is 5.70. The summed E-state index contributed by atoms with van der Waals surface area (Å²) in [7, 11) is 0. The van der Waals surface area contributed by atoms with Crippen LogP contribution in [-0.2, 0) is 0 Å². The molecule has 1 fully saturated rings. The quantitative estimate of drug-likeness (QED) is 0.846. The average Bonchev–Trinajstić information content (AvgIpc) is 2.45. The average molecular weight is 295 g/mol. The highest BCUT2D eigenvalue weighted by molar-refractivity contribution is 7.80. The summed E-state index contributed by atoms with van der Waals surface area (Å²) in [6.07, 6.45) is 1.81. The van der Waals surface area contributed by atoms with Crippen LogP contribution in [0.5, 0.6) is 0 Å². The van der Waals surface area contributed by atoms with Crippen molar-refractivity contribution in [2.24, 2.45) is 5.73 Å². The number of benzene rings is 1. The Morgan fingerprint density at radius 1 is 1.30 bits per heavy atom. The van der Waals surface area contributed by atoms with Crippen LogP contribution in [0, 0.1) is 5.82 Å². The number of anilines is 1. The summed E-state index contributed by atoms with van der Waals surface area (Å²) in [5, 5.41) is 0. The second-order valence-corrected chi connectivity index (χ2v) is 5.73. The lowest BCUT2D eigenvalue weighted by Crippen LogP contribution is -2.51. The number of nitrogens with two attached hydrogens (primary N) is 1. The number of para-hydroxylation sites is 1. The lowest BCUT2D eigenvalue weighted by Gasteiger charge is -2.40. The lowest BCUT2D eigenvalue weighted by atomic mass is 10.1. The predicted octanol–water partition coefficient (Wildman–Crippen LogP) is 2.40. The minimum atomic E-state index is -0.142. The van der Waals surface area contributed by atoms with Crippen molar-refractivity contribution in [2.75, 3.05) is 31.1 Å². The predicted molar refractivity (Wildman–Crippen MR) is 85.7 cm³/mol. The van der Waals surface area contributed by atoms with Crippen molar-refractivity contribution in [1.29, 1.82) is 0 Å². The first-order chi connectivity index (χ1) is 9.61. The summed E-state index contributed by atoms with van der Waals surface area (Å²) < 4.78 is 13.8. The van der Waals surface area contributed by atoms with Crippen molar-refractivity contribution in [1.82, 2.24) is 4.90 Å². The van der Waals surface area contributed by atoms with E-state index in [2.05, 4.69) is 16.7 Å². The molecule has 0 aromatic heterocycles. The van der Waals surface area contributed by atoms with Crippen molar-refractivity contribution >= 4 is 22.9 Å². The second-order valence-electron chi connectivity index (χ2n) is 5.21. The maximum absolute atomic E-state index is 13.8. The smallest absolute Gasteiger partial charge is 0.146 e. The van der Waals surface area contributed by atoms with Gasteiger partial charge in [0.05, 0.1) is 10.7 Å². The van der Waals surface area contributed by atoms with E-state index < -0.39 is 0 Å². The molecule has 0 aliphatic carbocycles. The van der Waals surface area contributed by atoms with Crippen LogP contribution >= 0.6 is 12.2 Å². The molecule has 110 valence electrons. The third-order valence-corrected chi connectivity index (χ3v) is 4.10. The van der Waals surface area contributed by atoms with Gasteiger partial charge >= 0.3 is 0 Å². The van der Waals surface area contributed by atoms with Crippen LogP contribution in [0.3, 0.4) is 0 Å². The summed E-state index contributed by atoms with van der Waals surface area (Å²) in [5.41, 5.74) is 6.36. The molecular formula is C15H22FN3S. The highest BCUT2D eigenvalue weighted by Gasteiger charge is 2.24. The van der Waals surface area contributed by atoms with Gasteiger partial charge in [0, 0.05) is 38.6 Å². The molecule has 1 heterocycles. The third kappa shape index (κ3) is 3.67. The van der Waals surface area contributed by atoms with E-state index in [9.17, 15) is 4.39 Å². The number of thiocarbonyl (C=S) groups is 1. The Bertz CT molecular complexity index is 458. The highest BCUT2D eigenvalue weighted by atomic mass is 32.1. The Labute approximate surface area is 125 Å². The molecule has 0 bridgehead atoms. The summed E-state index contributed by atoms with van der Waals surface area (Å²) in [4.78, 5) is 5.10. The normalized spacial score (nSPS) is 18.0. The topological polar surface area (TPSA) is 32.5 Å². The van der Waals surface area contributed by atoms with Gasteiger partial charge in [-0.2, -0.15) is 0 Å². The van der Waals surface area contributed by atoms with E-state index in [0.717, 1.165) is 39.0 Å². The van der Waals surface area contributed by atoms with Crippen molar-refractivity contribution < 1.29 is 4.39 Å². The molecule has 2 N–H and O–H groups in total. The maximum atomic E-state index is 13.8. The molecule has 1 atom stereocenters. The van der Waals surface area contributed by atoms with E-state index in [-0.39, 0.29) is 5.82 Å². The van der Waals surface area contributed by atoms with Crippen LogP contribution in [0.1, 0.15) is 19.8 Å². The Morgan fingerprint density at radius 3 is 2.50 bits per heavy atom. The van der Waals surface area contributed by atoms with Crippen LogP contribution in [0.4, 0.5) is 10.1 Å². The summed E-state index contributed by atoms with van der Waals surface area (Å²) in [5.74, 6) is -0.142. The fraction of sp³-hybridized carbons (Fsp3) is 0.533. The number of rotatable bonds is 5. The van der Waals surface area contributed by atoms with Crippen LogP contribution in [0.2, 0.25) is 0 Å². The fourth-order valence-corrected chi connectivity index (χ4v) is 2.99. The number of hydrogen-bond donors (Lipinski definition) is 1. The molecule has 1 saturated heterocycles. The van der Waals surface area contributed by atoms with E-state index in [0.29, 0.717) is 16.7 Å². The zero-order valence-electron chi connectivity index (χ0n) is 11.9. The standard InChI is InChI=1S/C15H22FN3S/c1-2-12(11-15(17)20)18-7-9-19(10-8-18)14-6-4-3-5-13(14)16/h3-6,12H,2,7-11H2,1H3,(H2,17,20). The van der Waals surface area contributed by atoms with Gasteiger partial charge in [-0.15, -0.1) is 0 Å². The zero-order valence-corrected chi connectivity index (χ0v) is 12.7. The molecule has 0 saturated carbocycles. The molecule has 5 heteroatoms. The van der Waals surface area contributed by atoms with Crippen LogP contribution in [0.15, 0.2) is 24.3 Å². The Morgan fingerprint density at radius 2 is 1.95 bits per heavy atom. The Kier molecular flexibility index (Phi) is 5.31. The number of nitrogens with zero attached hydrogens (tertiary/aromatic N) is 2. The van der Waals surface area contributed by atoms with Gasteiger partial charge in [-0.1, -0.05) is 31.3 Å².